The molecule has 6 nitrogen and oxygen atoms in total. The monoisotopic (exact) mass is 474 g/mol. The van der Waals surface area contributed by atoms with Gasteiger partial charge < -0.3 is 10.6 Å². The van der Waals surface area contributed by atoms with Gasteiger partial charge in [-0.05, 0) is 54.1 Å². The molecule has 0 radical (unpaired) electrons. The molecule has 2 N–H and O–H groups in total. The van der Waals surface area contributed by atoms with Gasteiger partial charge in [-0.3, -0.25) is 9.59 Å². The van der Waals surface area contributed by atoms with Crippen LogP contribution in [0.25, 0.3) is 0 Å². The largest absolute Gasteiger partial charge is 0.322 e. The summed E-state index contributed by atoms with van der Waals surface area (Å²) in [6, 6.07) is 25.4. The van der Waals surface area contributed by atoms with Gasteiger partial charge in [-0.15, -0.1) is 0 Å². The van der Waals surface area contributed by atoms with Crippen molar-refractivity contribution in [1.82, 2.24) is 9.78 Å². The average Bonchev–Trinajstić information content (AvgIpc) is 3.22. The molecule has 0 aliphatic rings. The lowest BCUT2D eigenvalue weighted by molar-refractivity contribution is 0.101. The summed E-state index contributed by atoms with van der Waals surface area (Å²) in [6.07, 6.45) is 1.65. The van der Waals surface area contributed by atoms with Crippen LogP contribution in [0.3, 0.4) is 0 Å². The predicted octanol–water partition coefficient (Wildman–Crippen LogP) is 5.20. The highest BCUT2D eigenvalue weighted by molar-refractivity contribution is 9.10. The van der Waals surface area contributed by atoms with Crippen molar-refractivity contribution in [2.24, 2.45) is 0 Å². The number of rotatable bonds is 6. The maximum atomic E-state index is 12.7. The molecule has 0 bridgehead atoms. The van der Waals surface area contributed by atoms with Gasteiger partial charge in [-0.1, -0.05) is 46.3 Å². The lowest BCUT2D eigenvalue weighted by Crippen LogP contribution is -2.16. The third kappa shape index (κ3) is 5.26. The van der Waals surface area contributed by atoms with Gasteiger partial charge in [0, 0.05) is 27.4 Å². The van der Waals surface area contributed by atoms with Gasteiger partial charge in [0.1, 0.15) is 5.82 Å². The van der Waals surface area contributed by atoms with Gasteiger partial charge in [0.15, 0.2) is 0 Å². The number of anilines is 2. The Morgan fingerprint density at radius 2 is 1.42 bits per heavy atom. The second-order valence-corrected chi connectivity index (χ2v) is 7.77. The lowest BCUT2D eigenvalue weighted by Gasteiger charge is -2.10. The van der Waals surface area contributed by atoms with Crippen LogP contribution < -0.4 is 10.6 Å². The number of carbonyl (C=O) groups excluding carboxylic acids is 2. The van der Waals surface area contributed by atoms with Crippen LogP contribution in [0.2, 0.25) is 0 Å². The molecule has 1 aromatic heterocycles. The number of nitrogens with zero attached hydrogens (tertiary/aromatic N) is 2. The van der Waals surface area contributed by atoms with Crippen molar-refractivity contribution >= 4 is 39.2 Å². The Labute approximate surface area is 188 Å². The van der Waals surface area contributed by atoms with E-state index in [0.717, 1.165) is 10.0 Å². The van der Waals surface area contributed by atoms with Crippen molar-refractivity contribution in [3.63, 3.8) is 0 Å². The lowest BCUT2D eigenvalue weighted by atomic mass is 10.1. The minimum atomic E-state index is -0.251. The average molecular weight is 475 g/mol. The van der Waals surface area contributed by atoms with Crippen LogP contribution >= 0.6 is 15.9 Å². The Kier molecular flexibility index (Phi) is 6.24. The van der Waals surface area contributed by atoms with E-state index < -0.39 is 0 Å². The van der Waals surface area contributed by atoms with E-state index in [9.17, 15) is 9.59 Å². The second kappa shape index (κ2) is 9.40. The molecule has 0 spiro atoms. The van der Waals surface area contributed by atoms with E-state index in [-0.39, 0.29) is 11.8 Å². The first kappa shape index (κ1) is 20.6. The number of halogens is 1. The molecule has 4 aromatic rings. The van der Waals surface area contributed by atoms with Gasteiger partial charge in [0.2, 0.25) is 0 Å². The topological polar surface area (TPSA) is 76.0 Å². The Balaban J connectivity index is 1.40. The van der Waals surface area contributed by atoms with Gasteiger partial charge in [-0.2, -0.15) is 5.10 Å². The van der Waals surface area contributed by atoms with E-state index >= 15 is 0 Å². The summed E-state index contributed by atoms with van der Waals surface area (Å²) in [7, 11) is 0. The number of aromatic nitrogens is 2. The van der Waals surface area contributed by atoms with E-state index in [2.05, 4.69) is 31.7 Å². The summed E-state index contributed by atoms with van der Waals surface area (Å²) in [5.41, 5.74) is 2.74. The quantitative estimate of drug-likeness (QED) is 0.403. The Hall–Kier alpha value is -3.71. The molecule has 0 atom stereocenters. The highest BCUT2D eigenvalue weighted by Gasteiger charge is 2.11. The SMILES string of the molecule is O=C(Nc1ccc(C(=O)Nc2ccnn2Cc2ccc(Br)cc2)cc1)c1ccccc1. The summed E-state index contributed by atoms with van der Waals surface area (Å²) in [6.45, 7) is 0.542. The van der Waals surface area contributed by atoms with Crippen molar-refractivity contribution in [2.45, 2.75) is 6.54 Å². The zero-order valence-corrected chi connectivity index (χ0v) is 18.0. The molecule has 154 valence electrons. The molecule has 0 fully saturated rings. The van der Waals surface area contributed by atoms with E-state index in [1.807, 2.05) is 42.5 Å². The summed E-state index contributed by atoms with van der Waals surface area (Å²) < 4.78 is 2.74. The summed E-state index contributed by atoms with van der Waals surface area (Å²) in [5.74, 6) is 0.155. The molecule has 4 rings (SSSR count). The fraction of sp³-hybridized carbons (Fsp3) is 0.0417. The van der Waals surface area contributed by atoms with Gasteiger partial charge in [0.05, 0.1) is 12.7 Å². The minimum absolute atomic E-state index is 0.199. The zero-order valence-electron chi connectivity index (χ0n) is 16.5. The van der Waals surface area contributed by atoms with E-state index in [1.165, 1.54) is 0 Å². The smallest absolute Gasteiger partial charge is 0.256 e. The van der Waals surface area contributed by atoms with Gasteiger partial charge in [-0.25, -0.2) is 4.68 Å². The number of nitrogens with one attached hydrogen (secondary N) is 2. The third-order valence-corrected chi connectivity index (χ3v) is 5.17. The highest BCUT2D eigenvalue weighted by Crippen LogP contribution is 2.16. The number of carbonyl (C=O) groups is 2. The standard InChI is InChI=1S/C24H19BrN4O2/c25-20-10-6-17(7-11-20)16-29-22(14-15-26-29)28-24(31)19-8-12-21(13-9-19)27-23(30)18-4-2-1-3-5-18/h1-15H,16H2,(H,27,30)(H,28,31). The van der Waals surface area contributed by atoms with Crippen LogP contribution in [-0.2, 0) is 6.54 Å². The number of hydrogen-bond acceptors (Lipinski definition) is 3. The molecule has 3 aromatic carbocycles. The molecule has 0 unspecified atom stereocenters. The maximum absolute atomic E-state index is 12.7. The first-order valence-corrected chi connectivity index (χ1v) is 10.4. The van der Waals surface area contributed by atoms with Gasteiger partial charge in [0.25, 0.3) is 11.8 Å². The molecule has 31 heavy (non-hydrogen) atoms. The normalized spacial score (nSPS) is 10.5. The number of hydrogen-bond donors (Lipinski definition) is 2. The van der Waals surface area contributed by atoms with Crippen LogP contribution in [0.15, 0.2) is 95.6 Å². The summed E-state index contributed by atoms with van der Waals surface area (Å²) in [4.78, 5) is 24.9. The van der Waals surface area contributed by atoms with Crippen molar-refractivity contribution in [3.8, 4) is 0 Å². The fourth-order valence-electron chi connectivity index (χ4n) is 3.01. The summed E-state index contributed by atoms with van der Waals surface area (Å²) in [5, 5.41) is 10.0. The predicted molar refractivity (Wildman–Crippen MR) is 124 cm³/mol. The van der Waals surface area contributed by atoms with Crippen molar-refractivity contribution < 1.29 is 9.59 Å². The molecule has 1 heterocycles. The number of amides is 2. The molecule has 0 saturated heterocycles. The van der Waals surface area contributed by atoms with E-state index in [4.69, 9.17) is 0 Å². The van der Waals surface area contributed by atoms with Crippen LogP contribution in [0.4, 0.5) is 11.5 Å². The molecule has 0 saturated carbocycles. The van der Waals surface area contributed by atoms with Crippen LogP contribution in [0.5, 0.6) is 0 Å². The van der Waals surface area contributed by atoms with E-state index in [0.29, 0.717) is 29.2 Å². The molecule has 0 aliphatic heterocycles. The molecule has 2 amide bonds. The van der Waals surface area contributed by atoms with Crippen LogP contribution in [-0.4, -0.2) is 21.6 Å². The third-order valence-electron chi connectivity index (χ3n) is 4.64. The van der Waals surface area contributed by atoms with E-state index in [1.54, 1.807) is 53.3 Å². The first-order valence-electron chi connectivity index (χ1n) is 9.62. The number of benzene rings is 3. The Morgan fingerprint density at radius 1 is 0.774 bits per heavy atom. The van der Waals surface area contributed by atoms with Crippen LogP contribution in [0, 0.1) is 0 Å². The van der Waals surface area contributed by atoms with Crippen molar-refractivity contribution in [3.05, 3.63) is 112 Å². The molecular formula is C24H19BrN4O2. The maximum Gasteiger partial charge on any atom is 0.256 e. The fourth-order valence-corrected chi connectivity index (χ4v) is 3.28. The van der Waals surface area contributed by atoms with Crippen LogP contribution in [0.1, 0.15) is 26.3 Å². The molecular weight excluding hydrogens is 456 g/mol. The Morgan fingerprint density at radius 3 is 2.13 bits per heavy atom. The highest BCUT2D eigenvalue weighted by atomic mass is 79.9. The molecule has 0 aliphatic carbocycles. The van der Waals surface area contributed by atoms with Crippen molar-refractivity contribution in [2.75, 3.05) is 10.6 Å². The zero-order chi connectivity index (χ0) is 21.6. The summed E-state index contributed by atoms with van der Waals surface area (Å²) >= 11 is 3.42. The van der Waals surface area contributed by atoms with Gasteiger partial charge >= 0.3 is 0 Å². The molecule has 7 heteroatoms. The minimum Gasteiger partial charge on any atom is -0.322 e. The Bertz CT molecular complexity index is 1190. The first-order chi connectivity index (χ1) is 15.1. The van der Waals surface area contributed by atoms with Crippen molar-refractivity contribution in [1.29, 1.82) is 0 Å². The second-order valence-electron chi connectivity index (χ2n) is 6.85.